The highest BCUT2D eigenvalue weighted by Crippen LogP contribution is 2.27. The predicted molar refractivity (Wildman–Crippen MR) is 98.3 cm³/mol. The normalized spacial score (nSPS) is 10.2. The lowest BCUT2D eigenvalue weighted by molar-refractivity contribution is -0.385. The Morgan fingerprint density at radius 3 is 2.65 bits per heavy atom. The minimum Gasteiger partial charge on any atom is -0.298 e. The zero-order valence-electron chi connectivity index (χ0n) is 13.0. The van der Waals surface area contributed by atoms with Crippen LogP contribution >= 0.6 is 22.9 Å². The lowest BCUT2D eigenvalue weighted by atomic mass is 10.1. The number of nitrogens with zero attached hydrogens (tertiary/aromatic N) is 3. The molecule has 2 aromatic carbocycles. The van der Waals surface area contributed by atoms with Crippen molar-refractivity contribution in [2.75, 3.05) is 5.32 Å². The Balaban J connectivity index is 1.83. The third-order valence-corrected chi connectivity index (χ3v) is 4.43. The fourth-order valence-electron chi connectivity index (χ4n) is 2.19. The highest BCUT2D eigenvalue weighted by atomic mass is 35.5. The molecule has 3 rings (SSSR count). The Labute approximate surface area is 156 Å². The third-order valence-electron chi connectivity index (χ3n) is 3.43. The van der Waals surface area contributed by atoms with Crippen LogP contribution in [-0.2, 0) is 0 Å². The molecule has 128 valence electrons. The number of nitro benzene ring substituents is 1. The quantitative estimate of drug-likeness (QED) is 0.526. The summed E-state index contributed by atoms with van der Waals surface area (Å²) in [5, 5.41) is 24.7. The van der Waals surface area contributed by atoms with Gasteiger partial charge in [0.05, 0.1) is 22.2 Å². The standard InChI is InChI=1S/C17H9ClN4O3S/c18-12-5-6-15(22(24)25)13(7-12)16(23)21-17-20-14(9-26-17)11-3-1-10(8-19)2-4-11/h1-7,9H,(H,20,21,23). The van der Waals surface area contributed by atoms with E-state index in [1.807, 2.05) is 6.07 Å². The maximum absolute atomic E-state index is 12.4. The molecule has 0 saturated carbocycles. The Morgan fingerprint density at radius 2 is 2.00 bits per heavy atom. The van der Waals surface area contributed by atoms with Crippen molar-refractivity contribution in [3.05, 3.63) is 74.1 Å². The number of hydrogen-bond acceptors (Lipinski definition) is 6. The van der Waals surface area contributed by atoms with E-state index in [-0.39, 0.29) is 16.3 Å². The summed E-state index contributed by atoms with van der Waals surface area (Å²) in [7, 11) is 0. The van der Waals surface area contributed by atoms with Gasteiger partial charge in [0, 0.05) is 22.0 Å². The van der Waals surface area contributed by atoms with E-state index in [0.29, 0.717) is 16.4 Å². The van der Waals surface area contributed by atoms with Crippen LogP contribution in [0.25, 0.3) is 11.3 Å². The number of aromatic nitrogens is 1. The first-order valence-electron chi connectivity index (χ1n) is 7.19. The van der Waals surface area contributed by atoms with Crippen molar-refractivity contribution in [2.24, 2.45) is 0 Å². The zero-order valence-corrected chi connectivity index (χ0v) is 14.5. The molecule has 0 aliphatic rings. The number of carbonyl (C=O) groups excluding carboxylic acids is 1. The number of benzene rings is 2. The van der Waals surface area contributed by atoms with Crippen LogP contribution in [0.4, 0.5) is 10.8 Å². The number of nitriles is 1. The fraction of sp³-hybridized carbons (Fsp3) is 0. The number of thiazole rings is 1. The summed E-state index contributed by atoms with van der Waals surface area (Å²) < 4.78 is 0. The van der Waals surface area contributed by atoms with E-state index >= 15 is 0 Å². The van der Waals surface area contributed by atoms with Gasteiger partial charge in [-0.15, -0.1) is 11.3 Å². The van der Waals surface area contributed by atoms with Gasteiger partial charge in [-0.1, -0.05) is 23.7 Å². The van der Waals surface area contributed by atoms with Gasteiger partial charge in [0.25, 0.3) is 11.6 Å². The van der Waals surface area contributed by atoms with E-state index in [4.69, 9.17) is 16.9 Å². The molecule has 0 radical (unpaired) electrons. The molecule has 9 heteroatoms. The van der Waals surface area contributed by atoms with Crippen LogP contribution in [-0.4, -0.2) is 15.8 Å². The lowest BCUT2D eigenvalue weighted by Gasteiger charge is -2.03. The maximum atomic E-state index is 12.4. The fourth-order valence-corrected chi connectivity index (χ4v) is 3.08. The molecule has 0 spiro atoms. The number of nitrogens with one attached hydrogen (secondary N) is 1. The summed E-state index contributed by atoms with van der Waals surface area (Å²) in [6, 6.07) is 12.6. The van der Waals surface area contributed by atoms with E-state index in [2.05, 4.69) is 10.3 Å². The molecule has 1 amide bonds. The molecule has 26 heavy (non-hydrogen) atoms. The molecule has 0 fully saturated rings. The van der Waals surface area contributed by atoms with Crippen LogP contribution in [0.5, 0.6) is 0 Å². The number of hydrogen-bond donors (Lipinski definition) is 1. The Hall–Kier alpha value is -3.28. The van der Waals surface area contributed by atoms with Gasteiger partial charge < -0.3 is 0 Å². The zero-order chi connectivity index (χ0) is 18.7. The van der Waals surface area contributed by atoms with Crippen molar-refractivity contribution in [3.8, 4) is 17.3 Å². The summed E-state index contributed by atoms with van der Waals surface area (Å²) in [6.07, 6.45) is 0. The second kappa shape index (κ2) is 7.31. The van der Waals surface area contributed by atoms with E-state index in [9.17, 15) is 14.9 Å². The van der Waals surface area contributed by atoms with Gasteiger partial charge in [-0.3, -0.25) is 20.2 Å². The Kier molecular flexibility index (Phi) is 4.93. The molecule has 0 bridgehead atoms. The van der Waals surface area contributed by atoms with Gasteiger partial charge >= 0.3 is 0 Å². The molecule has 1 heterocycles. The largest absolute Gasteiger partial charge is 0.298 e. The number of amides is 1. The molecule has 0 aliphatic carbocycles. The van der Waals surface area contributed by atoms with Crippen molar-refractivity contribution in [2.45, 2.75) is 0 Å². The first-order valence-corrected chi connectivity index (χ1v) is 8.45. The molecule has 0 saturated heterocycles. The second-order valence-corrected chi connectivity index (χ2v) is 6.39. The van der Waals surface area contributed by atoms with Gasteiger partial charge in [-0.05, 0) is 24.3 Å². The molecular weight excluding hydrogens is 376 g/mol. The second-order valence-electron chi connectivity index (χ2n) is 5.10. The van der Waals surface area contributed by atoms with E-state index in [1.54, 1.807) is 29.6 Å². The summed E-state index contributed by atoms with van der Waals surface area (Å²) >= 11 is 7.02. The third kappa shape index (κ3) is 3.69. The van der Waals surface area contributed by atoms with Crippen LogP contribution in [0, 0.1) is 21.4 Å². The average Bonchev–Trinajstić information content (AvgIpc) is 3.10. The molecule has 3 aromatic rings. The monoisotopic (exact) mass is 384 g/mol. The van der Waals surface area contributed by atoms with E-state index in [0.717, 1.165) is 5.56 Å². The van der Waals surface area contributed by atoms with Crippen LogP contribution in [0.15, 0.2) is 47.8 Å². The topological polar surface area (TPSA) is 109 Å². The van der Waals surface area contributed by atoms with Gasteiger partial charge in [0.2, 0.25) is 0 Å². The summed E-state index contributed by atoms with van der Waals surface area (Å²) in [5.74, 6) is -0.667. The van der Waals surface area contributed by atoms with Crippen molar-refractivity contribution < 1.29 is 9.72 Å². The van der Waals surface area contributed by atoms with Gasteiger partial charge in [-0.2, -0.15) is 5.26 Å². The predicted octanol–water partition coefficient (Wildman–Crippen LogP) is 4.50. The molecule has 1 N–H and O–H groups in total. The minimum absolute atomic E-state index is 0.141. The molecule has 0 atom stereocenters. The van der Waals surface area contributed by atoms with E-state index in [1.165, 1.54) is 29.5 Å². The van der Waals surface area contributed by atoms with Crippen molar-refractivity contribution in [1.29, 1.82) is 5.26 Å². The minimum atomic E-state index is -0.667. The summed E-state index contributed by atoms with van der Waals surface area (Å²) in [4.78, 5) is 27.1. The maximum Gasteiger partial charge on any atom is 0.282 e. The van der Waals surface area contributed by atoms with Crippen LogP contribution in [0.3, 0.4) is 0 Å². The summed E-state index contributed by atoms with van der Waals surface area (Å²) in [5.41, 5.74) is 1.46. The first kappa shape index (κ1) is 17.5. The number of nitro groups is 1. The first-order chi connectivity index (χ1) is 12.5. The smallest absolute Gasteiger partial charge is 0.282 e. The SMILES string of the molecule is N#Cc1ccc(-c2csc(NC(=O)c3cc(Cl)ccc3[N+](=O)[O-])n2)cc1. The van der Waals surface area contributed by atoms with Crippen molar-refractivity contribution in [1.82, 2.24) is 4.98 Å². The Bertz CT molecular complexity index is 1040. The van der Waals surface area contributed by atoms with Gasteiger partial charge in [0.15, 0.2) is 5.13 Å². The highest BCUT2D eigenvalue weighted by Gasteiger charge is 2.21. The van der Waals surface area contributed by atoms with Gasteiger partial charge in [-0.25, -0.2) is 4.98 Å². The van der Waals surface area contributed by atoms with Crippen LogP contribution < -0.4 is 5.32 Å². The molecule has 0 unspecified atom stereocenters. The summed E-state index contributed by atoms with van der Waals surface area (Å²) in [6.45, 7) is 0. The molecule has 7 nitrogen and oxygen atoms in total. The van der Waals surface area contributed by atoms with Crippen LogP contribution in [0.1, 0.15) is 15.9 Å². The Morgan fingerprint density at radius 1 is 1.27 bits per heavy atom. The number of rotatable bonds is 4. The van der Waals surface area contributed by atoms with Crippen molar-refractivity contribution >= 4 is 39.7 Å². The van der Waals surface area contributed by atoms with Crippen molar-refractivity contribution in [3.63, 3.8) is 0 Å². The molecule has 1 aromatic heterocycles. The number of halogens is 1. The highest BCUT2D eigenvalue weighted by molar-refractivity contribution is 7.14. The average molecular weight is 385 g/mol. The molecular formula is C17H9ClN4O3S. The lowest BCUT2D eigenvalue weighted by Crippen LogP contribution is -2.13. The number of anilines is 1. The molecule has 0 aliphatic heterocycles. The van der Waals surface area contributed by atoms with E-state index < -0.39 is 10.8 Å². The number of carbonyl (C=O) groups is 1. The van der Waals surface area contributed by atoms with Gasteiger partial charge in [0.1, 0.15) is 5.56 Å². The van der Waals surface area contributed by atoms with Crippen LogP contribution in [0.2, 0.25) is 5.02 Å².